The molecule has 0 saturated carbocycles. The van der Waals surface area contributed by atoms with Crippen molar-refractivity contribution in [3.63, 3.8) is 0 Å². The van der Waals surface area contributed by atoms with Gasteiger partial charge in [-0.25, -0.2) is 0 Å². The van der Waals surface area contributed by atoms with E-state index in [4.69, 9.17) is 0 Å². The first kappa shape index (κ1) is 15.4. The number of pyridine rings is 1. The minimum Gasteiger partial charge on any atom is -0.337 e. The molecule has 21 heavy (non-hydrogen) atoms. The van der Waals surface area contributed by atoms with Crippen LogP contribution in [0.25, 0.3) is 0 Å². The summed E-state index contributed by atoms with van der Waals surface area (Å²) >= 11 is 1.18. The van der Waals surface area contributed by atoms with Gasteiger partial charge < -0.3 is 4.90 Å². The normalized spacial score (nSPS) is 12.2. The van der Waals surface area contributed by atoms with Crippen LogP contribution in [0.3, 0.4) is 0 Å². The van der Waals surface area contributed by atoms with Crippen molar-refractivity contribution in [2.75, 3.05) is 7.05 Å². The smallest absolute Gasteiger partial charge is 0.308 e. The Kier molecular flexibility index (Phi) is 4.57. The number of rotatable bonds is 4. The van der Waals surface area contributed by atoms with Crippen LogP contribution in [0.1, 0.15) is 29.1 Å². The highest BCUT2D eigenvalue weighted by Crippen LogP contribution is 2.18. The molecule has 112 valence electrons. The molecule has 6 heteroatoms. The Hall–Kier alpha value is -1.95. The molecule has 5 nitrogen and oxygen atoms in total. The van der Waals surface area contributed by atoms with Gasteiger partial charge in [-0.05, 0) is 38.5 Å². The van der Waals surface area contributed by atoms with E-state index in [0.29, 0.717) is 0 Å². The maximum absolute atomic E-state index is 12.4. The number of aromatic nitrogens is 2. The van der Waals surface area contributed by atoms with E-state index in [0.717, 1.165) is 16.1 Å². The van der Waals surface area contributed by atoms with E-state index >= 15 is 0 Å². The summed E-state index contributed by atoms with van der Waals surface area (Å²) in [6, 6.07) is 3.72. The first-order valence-electron chi connectivity index (χ1n) is 6.74. The van der Waals surface area contributed by atoms with Crippen molar-refractivity contribution >= 4 is 17.2 Å². The van der Waals surface area contributed by atoms with Crippen LogP contribution in [0.4, 0.5) is 0 Å². The average Bonchev–Trinajstić information content (AvgIpc) is 2.73. The van der Waals surface area contributed by atoms with Crippen molar-refractivity contribution in [1.82, 2.24) is 14.5 Å². The zero-order valence-electron chi connectivity index (χ0n) is 12.7. The second-order valence-corrected chi connectivity index (χ2v) is 6.22. The van der Waals surface area contributed by atoms with Gasteiger partial charge in [-0.1, -0.05) is 11.3 Å². The zero-order valence-corrected chi connectivity index (χ0v) is 13.5. The fourth-order valence-corrected chi connectivity index (χ4v) is 2.93. The van der Waals surface area contributed by atoms with Crippen LogP contribution < -0.4 is 4.87 Å². The minimum atomic E-state index is -0.0812. The monoisotopic (exact) mass is 305 g/mol. The standard InChI is InChI=1S/C15H19N3O2S/c1-10-12(3)21-15(20)18(10)9-14(19)17(4)11(2)13-5-7-16-8-6-13/h5-8,11H,9H2,1-4H3. The van der Waals surface area contributed by atoms with Crippen molar-refractivity contribution in [1.29, 1.82) is 0 Å². The lowest BCUT2D eigenvalue weighted by Crippen LogP contribution is -2.34. The summed E-state index contributed by atoms with van der Waals surface area (Å²) in [5.41, 5.74) is 1.88. The third kappa shape index (κ3) is 3.21. The lowest BCUT2D eigenvalue weighted by molar-refractivity contribution is -0.132. The lowest BCUT2D eigenvalue weighted by Gasteiger charge is -2.25. The second-order valence-electron chi connectivity index (χ2n) is 5.06. The number of amides is 1. The number of aryl methyl sites for hydroxylation is 1. The van der Waals surface area contributed by atoms with Crippen LogP contribution in [0, 0.1) is 13.8 Å². The third-order valence-corrected chi connectivity index (χ3v) is 4.83. The summed E-state index contributed by atoms with van der Waals surface area (Å²) in [6.07, 6.45) is 3.42. The van der Waals surface area contributed by atoms with E-state index in [1.807, 2.05) is 32.9 Å². The molecule has 2 rings (SSSR count). The SMILES string of the molecule is Cc1sc(=O)n(CC(=O)N(C)C(C)c2ccncc2)c1C. The number of thiazole rings is 1. The van der Waals surface area contributed by atoms with Crippen LogP contribution >= 0.6 is 11.3 Å². The summed E-state index contributed by atoms with van der Waals surface area (Å²) in [4.78, 5) is 30.8. The number of nitrogens with zero attached hydrogens (tertiary/aromatic N) is 3. The first-order valence-corrected chi connectivity index (χ1v) is 7.56. The molecule has 0 aromatic carbocycles. The van der Waals surface area contributed by atoms with Crippen LogP contribution in [-0.4, -0.2) is 27.4 Å². The number of hydrogen-bond acceptors (Lipinski definition) is 4. The summed E-state index contributed by atoms with van der Waals surface area (Å²) in [5, 5.41) is 0. The van der Waals surface area contributed by atoms with Gasteiger partial charge in [0.25, 0.3) is 0 Å². The fourth-order valence-electron chi connectivity index (χ4n) is 2.10. The molecule has 0 spiro atoms. The predicted octanol–water partition coefficient (Wildman–Crippen LogP) is 2.14. The quantitative estimate of drug-likeness (QED) is 0.869. The minimum absolute atomic E-state index is 0.0590. The molecule has 2 aromatic heterocycles. The van der Waals surface area contributed by atoms with Gasteiger partial charge in [0.1, 0.15) is 6.54 Å². The molecule has 0 bridgehead atoms. The Labute approximate surface area is 127 Å². The molecular formula is C15H19N3O2S. The number of carbonyl (C=O) groups excluding carboxylic acids is 1. The van der Waals surface area contributed by atoms with Crippen LogP contribution in [-0.2, 0) is 11.3 Å². The fraction of sp³-hybridized carbons (Fsp3) is 0.400. The molecule has 0 fully saturated rings. The molecular weight excluding hydrogens is 286 g/mol. The molecule has 0 radical (unpaired) electrons. The number of carbonyl (C=O) groups is 1. The van der Waals surface area contributed by atoms with E-state index in [1.54, 1.807) is 24.3 Å². The van der Waals surface area contributed by atoms with Crippen molar-refractivity contribution in [2.45, 2.75) is 33.4 Å². The van der Waals surface area contributed by atoms with Crippen LogP contribution in [0.5, 0.6) is 0 Å². The molecule has 0 N–H and O–H groups in total. The molecule has 2 heterocycles. The molecule has 1 atom stereocenters. The summed E-state index contributed by atoms with van der Waals surface area (Å²) in [5.74, 6) is -0.0812. The molecule has 1 unspecified atom stereocenters. The Balaban J connectivity index is 2.15. The summed E-state index contributed by atoms with van der Waals surface area (Å²) in [7, 11) is 1.76. The molecule has 1 amide bonds. The van der Waals surface area contributed by atoms with Crippen molar-refractivity contribution in [3.05, 3.63) is 50.3 Å². The molecule has 0 aliphatic heterocycles. The van der Waals surface area contributed by atoms with E-state index in [2.05, 4.69) is 4.98 Å². The Morgan fingerprint density at radius 3 is 2.52 bits per heavy atom. The summed E-state index contributed by atoms with van der Waals surface area (Å²) < 4.78 is 1.54. The highest BCUT2D eigenvalue weighted by molar-refractivity contribution is 7.09. The van der Waals surface area contributed by atoms with Gasteiger partial charge in [0.2, 0.25) is 5.91 Å². The Morgan fingerprint density at radius 2 is 2.00 bits per heavy atom. The van der Waals surface area contributed by atoms with Crippen molar-refractivity contribution in [2.24, 2.45) is 0 Å². The third-order valence-electron chi connectivity index (χ3n) is 3.83. The zero-order chi connectivity index (χ0) is 15.6. The largest absolute Gasteiger partial charge is 0.337 e. The van der Waals surface area contributed by atoms with Gasteiger partial charge in [-0.15, -0.1) is 0 Å². The van der Waals surface area contributed by atoms with Gasteiger partial charge in [0, 0.05) is 30.0 Å². The highest BCUT2D eigenvalue weighted by atomic mass is 32.1. The van der Waals surface area contributed by atoms with Gasteiger partial charge in [-0.2, -0.15) is 0 Å². The van der Waals surface area contributed by atoms with Crippen molar-refractivity contribution in [3.8, 4) is 0 Å². The molecule has 0 aliphatic rings. The van der Waals surface area contributed by atoms with E-state index in [9.17, 15) is 9.59 Å². The van der Waals surface area contributed by atoms with Crippen LogP contribution in [0.2, 0.25) is 0 Å². The Morgan fingerprint density at radius 1 is 1.38 bits per heavy atom. The molecule has 0 aliphatic carbocycles. The van der Waals surface area contributed by atoms with E-state index in [-0.39, 0.29) is 23.4 Å². The average molecular weight is 305 g/mol. The topological polar surface area (TPSA) is 55.2 Å². The van der Waals surface area contributed by atoms with Gasteiger partial charge in [0.15, 0.2) is 0 Å². The van der Waals surface area contributed by atoms with Gasteiger partial charge >= 0.3 is 4.87 Å². The van der Waals surface area contributed by atoms with Gasteiger partial charge in [0.05, 0.1) is 6.04 Å². The lowest BCUT2D eigenvalue weighted by atomic mass is 10.1. The first-order chi connectivity index (χ1) is 9.91. The predicted molar refractivity (Wildman–Crippen MR) is 83.5 cm³/mol. The van der Waals surface area contributed by atoms with E-state index in [1.165, 1.54) is 15.9 Å². The van der Waals surface area contributed by atoms with E-state index < -0.39 is 0 Å². The molecule has 0 saturated heterocycles. The maximum atomic E-state index is 12.4. The van der Waals surface area contributed by atoms with Gasteiger partial charge in [-0.3, -0.25) is 19.1 Å². The number of hydrogen-bond donors (Lipinski definition) is 0. The second kappa shape index (κ2) is 6.22. The van der Waals surface area contributed by atoms with Crippen LogP contribution in [0.15, 0.2) is 29.3 Å². The Bertz CT molecular complexity index is 691. The molecule has 2 aromatic rings. The van der Waals surface area contributed by atoms with Crippen molar-refractivity contribution < 1.29 is 4.79 Å². The highest BCUT2D eigenvalue weighted by Gasteiger charge is 2.19. The summed E-state index contributed by atoms with van der Waals surface area (Å²) in [6.45, 7) is 5.81. The number of likely N-dealkylation sites (N-methyl/N-ethyl adjacent to an activating group) is 1. The maximum Gasteiger partial charge on any atom is 0.308 e.